The fourth-order valence-corrected chi connectivity index (χ4v) is 4.51. The molecule has 0 N–H and O–H groups in total. The highest BCUT2D eigenvalue weighted by atomic mass is 32.1. The van der Waals surface area contributed by atoms with Crippen LogP contribution in [0.3, 0.4) is 0 Å². The first-order chi connectivity index (χ1) is 13.6. The minimum absolute atomic E-state index is 0.136. The summed E-state index contributed by atoms with van der Waals surface area (Å²) in [6, 6.07) is 13.4. The van der Waals surface area contributed by atoms with Crippen molar-refractivity contribution in [3.05, 3.63) is 65.7 Å². The minimum atomic E-state index is -0.358. The van der Waals surface area contributed by atoms with Crippen molar-refractivity contribution >= 4 is 27.5 Å². The van der Waals surface area contributed by atoms with Crippen LogP contribution >= 0.6 is 11.3 Å². The zero-order valence-electron chi connectivity index (χ0n) is 15.0. The molecule has 1 aliphatic heterocycles. The number of hydrogen-bond donors (Lipinski definition) is 0. The molecule has 0 aliphatic carbocycles. The second-order valence-corrected chi connectivity index (χ2v) is 7.73. The molecule has 5 rings (SSSR count). The van der Waals surface area contributed by atoms with Crippen LogP contribution in [-0.4, -0.2) is 37.1 Å². The molecule has 2 aromatic carbocycles. The van der Waals surface area contributed by atoms with E-state index in [9.17, 15) is 9.18 Å². The number of aromatic nitrogens is 4. The van der Waals surface area contributed by atoms with E-state index >= 15 is 0 Å². The number of fused-ring (bicyclic) bond motifs is 2. The number of para-hydroxylation sites is 1. The second kappa shape index (κ2) is 6.49. The molecular formula is C20H16FN5OS. The first kappa shape index (κ1) is 17.0. The Labute approximate surface area is 164 Å². The molecule has 0 unspecified atom stereocenters. The van der Waals surface area contributed by atoms with E-state index in [2.05, 4.69) is 15.2 Å². The Kier molecular flexibility index (Phi) is 3.94. The number of carbonyl (C=O) groups excluding carboxylic acids is 1. The number of halogens is 1. The molecule has 0 saturated heterocycles. The van der Waals surface area contributed by atoms with Gasteiger partial charge in [-0.05, 0) is 43.3 Å². The second-order valence-electron chi connectivity index (χ2n) is 6.70. The van der Waals surface area contributed by atoms with Crippen molar-refractivity contribution in [2.45, 2.75) is 19.5 Å². The molecule has 0 bridgehead atoms. The Balaban J connectivity index is 1.47. The van der Waals surface area contributed by atoms with E-state index in [0.29, 0.717) is 18.7 Å². The van der Waals surface area contributed by atoms with E-state index in [1.807, 2.05) is 35.8 Å². The van der Waals surface area contributed by atoms with Crippen LogP contribution in [0.1, 0.15) is 29.1 Å². The Hall–Kier alpha value is -3.13. The first-order valence-electron chi connectivity index (χ1n) is 8.97. The van der Waals surface area contributed by atoms with Crippen LogP contribution in [0.25, 0.3) is 21.0 Å². The lowest BCUT2D eigenvalue weighted by Crippen LogP contribution is -2.41. The van der Waals surface area contributed by atoms with Crippen molar-refractivity contribution in [2.75, 3.05) is 6.54 Å². The third-order valence-electron chi connectivity index (χ3n) is 5.02. The summed E-state index contributed by atoms with van der Waals surface area (Å²) in [4.78, 5) is 19.3. The quantitative estimate of drug-likeness (QED) is 0.518. The van der Waals surface area contributed by atoms with Crippen LogP contribution in [0.2, 0.25) is 0 Å². The standard InChI is InChI=1S/C20H16FN5OS/c1-12-17-23-24-18(19-22-15-4-2-3-5-16(15)28-19)26(17)11-10-25(12)20(27)13-6-8-14(21)9-7-13/h2-9,12H,10-11H2,1H3/t12-/m1/s1. The highest BCUT2D eigenvalue weighted by Gasteiger charge is 2.32. The number of hydrogen-bond acceptors (Lipinski definition) is 5. The lowest BCUT2D eigenvalue weighted by molar-refractivity contribution is 0.0638. The van der Waals surface area contributed by atoms with Gasteiger partial charge in [0.25, 0.3) is 5.91 Å². The van der Waals surface area contributed by atoms with Gasteiger partial charge in [0.05, 0.1) is 16.3 Å². The monoisotopic (exact) mass is 393 g/mol. The van der Waals surface area contributed by atoms with E-state index in [1.165, 1.54) is 24.3 Å². The highest BCUT2D eigenvalue weighted by molar-refractivity contribution is 7.21. The zero-order chi connectivity index (χ0) is 19.3. The largest absolute Gasteiger partial charge is 0.327 e. The van der Waals surface area contributed by atoms with Crippen molar-refractivity contribution in [3.63, 3.8) is 0 Å². The lowest BCUT2D eigenvalue weighted by Gasteiger charge is -2.33. The average Bonchev–Trinajstić information content (AvgIpc) is 3.32. The predicted octanol–water partition coefficient (Wildman–Crippen LogP) is 3.91. The number of carbonyl (C=O) groups is 1. The van der Waals surface area contributed by atoms with E-state index in [4.69, 9.17) is 0 Å². The van der Waals surface area contributed by atoms with Gasteiger partial charge in [0.1, 0.15) is 5.82 Å². The topological polar surface area (TPSA) is 63.9 Å². The summed E-state index contributed by atoms with van der Waals surface area (Å²) in [5.41, 5.74) is 1.41. The van der Waals surface area contributed by atoms with Gasteiger partial charge >= 0.3 is 0 Å². The lowest BCUT2D eigenvalue weighted by atomic mass is 10.1. The summed E-state index contributed by atoms with van der Waals surface area (Å²) in [5, 5.41) is 9.54. The number of amides is 1. The van der Waals surface area contributed by atoms with Gasteiger partial charge in [-0.3, -0.25) is 4.79 Å². The number of benzene rings is 2. The van der Waals surface area contributed by atoms with Crippen molar-refractivity contribution in [1.29, 1.82) is 0 Å². The summed E-state index contributed by atoms with van der Waals surface area (Å²) in [5.74, 6) is 0.972. The van der Waals surface area contributed by atoms with Gasteiger partial charge in [-0.1, -0.05) is 12.1 Å². The fourth-order valence-electron chi connectivity index (χ4n) is 3.55. The molecule has 1 atom stereocenters. The molecule has 0 saturated carbocycles. The molecule has 1 aliphatic rings. The summed E-state index contributed by atoms with van der Waals surface area (Å²) >= 11 is 1.58. The van der Waals surface area contributed by atoms with Crippen molar-refractivity contribution < 1.29 is 9.18 Å². The molecule has 140 valence electrons. The van der Waals surface area contributed by atoms with Gasteiger partial charge in [0, 0.05) is 18.7 Å². The number of nitrogens with zero attached hydrogens (tertiary/aromatic N) is 5. The average molecular weight is 393 g/mol. The SMILES string of the molecule is C[C@@H]1c2nnc(-c3nc4ccccc4s3)n2CCN1C(=O)c1ccc(F)cc1. The van der Waals surface area contributed by atoms with Crippen LogP contribution in [0.5, 0.6) is 0 Å². The summed E-state index contributed by atoms with van der Waals surface area (Å²) < 4.78 is 16.3. The third-order valence-corrected chi connectivity index (χ3v) is 6.05. The summed E-state index contributed by atoms with van der Waals surface area (Å²) in [6.45, 7) is 3.05. The van der Waals surface area contributed by atoms with E-state index < -0.39 is 0 Å². The van der Waals surface area contributed by atoms with Gasteiger partial charge in [-0.2, -0.15) is 0 Å². The smallest absolute Gasteiger partial charge is 0.254 e. The Morgan fingerprint density at radius 3 is 2.68 bits per heavy atom. The number of rotatable bonds is 2. The molecule has 0 radical (unpaired) electrons. The molecule has 6 nitrogen and oxygen atoms in total. The number of thiazole rings is 1. The Bertz CT molecular complexity index is 1150. The first-order valence-corrected chi connectivity index (χ1v) is 9.79. The minimum Gasteiger partial charge on any atom is -0.327 e. The fraction of sp³-hybridized carbons (Fsp3) is 0.200. The van der Waals surface area contributed by atoms with Gasteiger partial charge in [0.2, 0.25) is 0 Å². The summed E-state index contributed by atoms with van der Waals surface area (Å²) in [7, 11) is 0. The third kappa shape index (κ3) is 2.68. The van der Waals surface area contributed by atoms with E-state index in [-0.39, 0.29) is 17.8 Å². The van der Waals surface area contributed by atoms with Crippen LogP contribution < -0.4 is 0 Å². The molecule has 0 fully saturated rings. The Morgan fingerprint density at radius 2 is 1.89 bits per heavy atom. The maximum atomic E-state index is 13.2. The molecule has 2 aromatic heterocycles. The van der Waals surface area contributed by atoms with Crippen LogP contribution in [-0.2, 0) is 6.54 Å². The molecule has 8 heteroatoms. The van der Waals surface area contributed by atoms with Crippen molar-refractivity contribution in [1.82, 2.24) is 24.6 Å². The maximum Gasteiger partial charge on any atom is 0.254 e. The van der Waals surface area contributed by atoms with E-state index in [0.717, 1.165) is 26.9 Å². The molecular weight excluding hydrogens is 377 g/mol. The van der Waals surface area contributed by atoms with Crippen molar-refractivity contribution in [3.8, 4) is 10.8 Å². The normalized spacial score (nSPS) is 16.4. The highest BCUT2D eigenvalue weighted by Crippen LogP contribution is 2.33. The van der Waals surface area contributed by atoms with Gasteiger partial charge in [-0.15, -0.1) is 21.5 Å². The molecule has 28 heavy (non-hydrogen) atoms. The van der Waals surface area contributed by atoms with Gasteiger partial charge in [-0.25, -0.2) is 9.37 Å². The van der Waals surface area contributed by atoms with Crippen molar-refractivity contribution in [2.24, 2.45) is 0 Å². The Morgan fingerprint density at radius 1 is 1.11 bits per heavy atom. The van der Waals surface area contributed by atoms with Crippen LogP contribution in [0.4, 0.5) is 4.39 Å². The predicted molar refractivity (Wildman–Crippen MR) is 104 cm³/mol. The molecule has 1 amide bonds. The molecule has 4 aromatic rings. The van der Waals surface area contributed by atoms with E-state index in [1.54, 1.807) is 16.2 Å². The van der Waals surface area contributed by atoms with Crippen LogP contribution in [0, 0.1) is 5.82 Å². The van der Waals surface area contributed by atoms with Gasteiger partial charge < -0.3 is 9.47 Å². The van der Waals surface area contributed by atoms with Gasteiger partial charge in [0.15, 0.2) is 16.7 Å². The molecule has 3 heterocycles. The summed E-state index contributed by atoms with van der Waals surface area (Å²) in [6.07, 6.45) is 0. The maximum absolute atomic E-state index is 13.2. The zero-order valence-corrected chi connectivity index (χ0v) is 15.9. The molecule has 0 spiro atoms. The van der Waals surface area contributed by atoms with Crippen LogP contribution in [0.15, 0.2) is 48.5 Å².